The Morgan fingerprint density at radius 3 is 2.42 bits per heavy atom. The van der Waals surface area contributed by atoms with Gasteiger partial charge in [0.2, 0.25) is 0 Å². The summed E-state index contributed by atoms with van der Waals surface area (Å²) in [5, 5.41) is 9.11. The summed E-state index contributed by atoms with van der Waals surface area (Å²) in [6, 6.07) is 4.38. The summed E-state index contributed by atoms with van der Waals surface area (Å²) in [5.41, 5.74) is 0.735. The Labute approximate surface area is 114 Å². The summed E-state index contributed by atoms with van der Waals surface area (Å²) >= 11 is 0. The van der Waals surface area contributed by atoms with Gasteiger partial charge in [-0.3, -0.25) is 0 Å². The molecule has 0 radical (unpaired) electrons. The predicted octanol–water partition coefficient (Wildman–Crippen LogP) is 2.91. The van der Waals surface area contributed by atoms with Crippen molar-refractivity contribution in [1.82, 2.24) is 0 Å². The van der Waals surface area contributed by atoms with Crippen molar-refractivity contribution in [3.8, 4) is 0 Å². The van der Waals surface area contributed by atoms with E-state index in [0.717, 1.165) is 12.8 Å². The molecule has 0 heterocycles. The van der Waals surface area contributed by atoms with Crippen molar-refractivity contribution in [3.63, 3.8) is 0 Å². The van der Waals surface area contributed by atoms with E-state index in [-0.39, 0.29) is 16.2 Å². The van der Waals surface area contributed by atoms with Crippen LogP contribution in [0.2, 0.25) is 0 Å². The number of carboxylic acid groups (broad SMARTS) is 1. The Hall–Kier alpha value is -1.36. The summed E-state index contributed by atoms with van der Waals surface area (Å²) in [5.74, 6) is -1.01. The second-order valence-corrected chi connectivity index (χ2v) is 6.61. The highest BCUT2D eigenvalue weighted by atomic mass is 32.2. The summed E-state index contributed by atoms with van der Waals surface area (Å²) in [6.45, 7) is 3.85. The first-order chi connectivity index (χ1) is 8.92. The minimum absolute atomic E-state index is 0.0748. The third-order valence-electron chi connectivity index (χ3n) is 3.07. The van der Waals surface area contributed by atoms with Crippen LogP contribution in [-0.2, 0) is 16.3 Å². The van der Waals surface area contributed by atoms with Crippen LogP contribution in [0.1, 0.15) is 49.0 Å². The second kappa shape index (κ2) is 6.70. The molecule has 0 aliphatic rings. The van der Waals surface area contributed by atoms with E-state index in [9.17, 15) is 13.2 Å². The van der Waals surface area contributed by atoms with Gasteiger partial charge in [0.15, 0.2) is 9.84 Å². The Kier molecular flexibility index (Phi) is 5.54. The van der Waals surface area contributed by atoms with Crippen LogP contribution in [0, 0.1) is 0 Å². The summed E-state index contributed by atoms with van der Waals surface area (Å²) < 4.78 is 24.2. The largest absolute Gasteiger partial charge is 0.478 e. The quantitative estimate of drug-likeness (QED) is 0.781. The third-order valence-corrected chi connectivity index (χ3v) is 4.87. The molecular weight excluding hydrogens is 264 g/mol. The molecule has 0 amide bonds. The molecule has 0 bridgehead atoms. The number of benzene rings is 1. The van der Waals surface area contributed by atoms with Crippen molar-refractivity contribution < 1.29 is 18.3 Å². The average Bonchev–Trinajstić information content (AvgIpc) is 2.38. The Morgan fingerprint density at radius 2 is 1.89 bits per heavy atom. The molecular formula is C14H20O4S. The Morgan fingerprint density at radius 1 is 1.21 bits per heavy atom. The van der Waals surface area contributed by atoms with Gasteiger partial charge in [-0.1, -0.05) is 32.8 Å². The lowest BCUT2D eigenvalue weighted by Crippen LogP contribution is -2.10. The molecule has 0 aromatic heterocycles. The highest BCUT2D eigenvalue weighted by molar-refractivity contribution is 7.91. The standard InChI is InChI=1S/C14H20O4S/c1-3-5-6-9-19(17,18)12-8-7-11(4-2)13(10-12)14(15)16/h7-8,10H,3-6,9H2,1-2H3,(H,15,16). The Balaban J connectivity index is 3.07. The maximum absolute atomic E-state index is 12.1. The van der Waals surface area contributed by atoms with Gasteiger partial charge < -0.3 is 5.11 Å². The van der Waals surface area contributed by atoms with Crippen molar-refractivity contribution in [2.45, 2.75) is 44.4 Å². The summed E-state index contributed by atoms with van der Waals surface area (Å²) in [6.07, 6.45) is 2.98. The number of unbranched alkanes of at least 4 members (excludes halogenated alkanes) is 2. The third kappa shape index (κ3) is 4.06. The van der Waals surface area contributed by atoms with E-state index in [1.54, 1.807) is 6.07 Å². The molecule has 0 unspecified atom stereocenters. The molecule has 1 rings (SSSR count). The molecule has 0 atom stereocenters. The molecule has 1 N–H and O–H groups in total. The molecule has 19 heavy (non-hydrogen) atoms. The molecule has 1 aromatic carbocycles. The zero-order chi connectivity index (χ0) is 14.5. The predicted molar refractivity (Wildman–Crippen MR) is 74.4 cm³/mol. The van der Waals surface area contributed by atoms with Crippen molar-refractivity contribution in [1.29, 1.82) is 0 Å². The van der Waals surface area contributed by atoms with E-state index in [2.05, 4.69) is 0 Å². The molecule has 0 spiro atoms. The number of hydrogen-bond acceptors (Lipinski definition) is 3. The monoisotopic (exact) mass is 284 g/mol. The van der Waals surface area contributed by atoms with Crippen LogP contribution in [0.4, 0.5) is 0 Å². The van der Waals surface area contributed by atoms with Crippen molar-refractivity contribution in [2.75, 3.05) is 5.75 Å². The van der Waals surface area contributed by atoms with Crippen LogP contribution in [-0.4, -0.2) is 25.2 Å². The molecule has 1 aromatic rings. The minimum Gasteiger partial charge on any atom is -0.478 e. The van der Waals surface area contributed by atoms with E-state index < -0.39 is 15.8 Å². The van der Waals surface area contributed by atoms with E-state index >= 15 is 0 Å². The first kappa shape index (κ1) is 15.7. The first-order valence-corrected chi connectivity index (χ1v) is 8.16. The SMILES string of the molecule is CCCCCS(=O)(=O)c1ccc(CC)c(C(=O)O)c1. The van der Waals surface area contributed by atoms with E-state index in [0.29, 0.717) is 18.4 Å². The minimum atomic E-state index is -3.38. The van der Waals surface area contributed by atoms with Gasteiger partial charge >= 0.3 is 5.97 Å². The zero-order valence-electron chi connectivity index (χ0n) is 11.3. The van der Waals surface area contributed by atoms with Gasteiger partial charge in [-0.05, 0) is 30.5 Å². The topological polar surface area (TPSA) is 71.4 Å². The van der Waals surface area contributed by atoms with Gasteiger partial charge in [0.1, 0.15) is 0 Å². The fourth-order valence-electron chi connectivity index (χ4n) is 1.92. The van der Waals surface area contributed by atoms with E-state index in [1.807, 2.05) is 13.8 Å². The number of rotatable bonds is 7. The van der Waals surface area contributed by atoms with E-state index in [1.165, 1.54) is 12.1 Å². The van der Waals surface area contributed by atoms with Gasteiger partial charge in [-0.25, -0.2) is 13.2 Å². The average molecular weight is 284 g/mol. The first-order valence-electron chi connectivity index (χ1n) is 6.51. The second-order valence-electron chi connectivity index (χ2n) is 4.50. The van der Waals surface area contributed by atoms with Gasteiger partial charge in [0, 0.05) is 0 Å². The van der Waals surface area contributed by atoms with Crippen LogP contribution in [0.5, 0.6) is 0 Å². The maximum atomic E-state index is 12.1. The van der Waals surface area contributed by atoms with Gasteiger partial charge in [0.05, 0.1) is 16.2 Å². The summed E-state index contributed by atoms with van der Waals surface area (Å²) in [4.78, 5) is 11.2. The number of carboxylic acids is 1. The molecule has 0 aliphatic heterocycles. The van der Waals surface area contributed by atoms with Crippen LogP contribution in [0.15, 0.2) is 23.1 Å². The molecule has 0 saturated carbocycles. The number of hydrogen-bond donors (Lipinski definition) is 1. The number of carbonyl (C=O) groups is 1. The van der Waals surface area contributed by atoms with E-state index in [4.69, 9.17) is 5.11 Å². The molecule has 4 nitrogen and oxygen atoms in total. The van der Waals surface area contributed by atoms with Crippen molar-refractivity contribution in [3.05, 3.63) is 29.3 Å². The fraction of sp³-hybridized carbons (Fsp3) is 0.500. The Bertz CT molecular complexity index is 547. The van der Waals surface area contributed by atoms with Crippen molar-refractivity contribution in [2.24, 2.45) is 0 Å². The lowest BCUT2D eigenvalue weighted by atomic mass is 10.1. The normalized spacial score (nSPS) is 11.5. The summed E-state index contributed by atoms with van der Waals surface area (Å²) in [7, 11) is -3.38. The molecule has 106 valence electrons. The fourth-order valence-corrected chi connectivity index (χ4v) is 3.31. The molecule has 5 heteroatoms. The molecule has 0 fully saturated rings. The number of aryl methyl sites for hydroxylation is 1. The van der Waals surface area contributed by atoms with Crippen LogP contribution in [0.3, 0.4) is 0 Å². The number of sulfone groups is 1. The highest BCUT2D eigenvalue weighted by Crippen LogP contribution is 2.19. The number of aromatic carboxylic acids is 1. The van der Waals surface area contributed by atoms with Crippen LogP contribution >= 0.6 is 0 Å². The van der Waals surface area contributed by atoms with Gasteiger partial charge in [-0.15, -0.1) is 0 Å². The van der Waals surface area contributed by atoms with Gasteiger partial charge in [0.25, 0.3) is 0 Å². The van der Waals surface area contributed by atoms with Crippen LogP contribution in [0.25, 0.3) is 0 Å². The molecule has 0 aliphatic carbocycles. The maximum Gasteiger partial charge on any atom is 0.336 e. The zero-order valence-corrected chi connectivity index (χ0v) is 12.2. The van der Waals surface area contributed by atoms with Crippen molar-refractivity contribution >= 4 is 15.8 Å². The van der Waals surface area contributed by atoms with Gasteiger partial charge in [-0.2, -0.15) is 0 Å². The molecule has 0 saturated heterocycles. The smallest absolute Gasteiger partial charge is 0.336 e. The lowest BCUT2D eigenvalue weighted by Gasteiger charge is -2.08. The lowest BCUT2D eigenvalue weighted by molar-refractivity contribution is 0.0695. The highest BCUT2D eigenvalue weighted by Gasteiger charge is 2.18. The van der Waals surface area contributed by atoms with Crippen LogP contribution < -0.4 is 0 Å².